The summed E-state index contributed by atoms with van der Waals surface area (Å²) in [5.41, 5.74) is 2.88. The summed E-state index contributed by atoms with van der Waals surface area (Å²) in [7, 11) is 0. The van der Waals surface area contributed by atoms with Gasteiger partial charge in [0.05, 0.1) is 24.0 Å². The van der Waals surface area contributed by atoms with Gasteiger partial charge in [-0.1, -0.05) is 40.2 Å². The highest BCUT2D eigenvalue weighted by Crippen LogP contribution is 2.41. The molecule has 3 aromatic heterocycles. The Kier molecular flexibility index (Phi) is 5.53. The number of hydrogen-bond acceptors (Lipinski definition) is 4. The summed E-state index contributed by atoms with van der Waals surface area (Å²) < 4.78 is 7.39. The number of nitrogens with zero attached hydrogens (tertiary/aromatic N) is 3. The zero-order valence-electron chi connectivity index (χ0n) is 16.5. The Labute approximate surface area is 194 Å². The number of aromatic nitrogens is 2. The molecule has 0 spiro atoms. The topological polar surface area (TPSA) is 54.2 Å². The van der Waals surface area contributed by atoms with Gasteiger partial charge >= 0.3 is 0 Å². The van der Waals surface area contributed by atoms with Crippen LogP contribution in [0.1, 0.15) is 29.2 Å². The van der Waals surface area contributed by atoms with Crippen molar-refractivity contribution in [2.75, 3.05) is 0 Å². The molecule has 0 amide bonds. The molecule has 4 aromatic rings. The van der Waals surface area contributed by atoms with Gasteiger partial charge < -0.3 is 14.6 Å². The van der Waals surface area contributed by atoms with Crippen molar-refractivity contribution < 1.29 is 4.42 Å². The van der Waals surface area contributed by atoms with E-state index in [2.05, 4.69) is 36.1 Å². The Morgan fingerprint density at radius 2 is 1.71 bits per heavy atom. The molecule has 5 rings (SSSR count). The number of thiocarbonyl (C=S) groups is 1. The summed E-state index contributed by atoms with van der Waals surface area (Å²) in [6.07, 6.45) is 3.60. The fraction of sp³-hybridized carbons (Fsp3) is 0.125. The van der Waals surface area contributed by atoms with Crippen molar-refractivity contribution in [2.24, 2.45) is 0 Å². The van der Waals surface area contributed by atoms with Gasteiger partial charge in [-0.3, -0.25) is 9.97 Å². The Hall–Kier alpha value is -3.03. The molecule has 0 bridgehead atoms. The zero-order valence-corrected chi connectivity index (χ0v) is 18.9. The normalized spacial score (nSPS) is 18.2. The summed E-state index contributed by atoms with van der Waals surface area (Å²) >= 11 is 9.20. The number of halogens is 1. The lowest BCUT2D eigenvalue weighted by Gasteiger charge is -2.25. The third kappa shape index (κ3) is 4.11. The first-order valence-electron chi connectivity index (χ1n) is 9.93. The predicted molar refractivity (Wildman–Crippen MR) is 127 cm³/mol. The van der Waals surface area contributed by atoms with Gasteiger partial charge in [0.15, 0.2) is 5.11 Å². The average Bonchev–Trinajstić information content (AvgIpc) is 3.41. The number of nitrogens with one attached hydrogen (secondary N) is 1. The van der Waals surface area contributed by atoms with Crippen LogP contribution in [0.25, 0.3) is 11.3 Å². The third-order valence-electron chi connectivity index (χ3n) is 5.30. The molecule has 31 heavy (non-hydrogen) atoms. The fourth-order valence-electron chi connectivity index (χ4n) is 3.83. The van der Waals surface area contributed by atoms with E-state index in [9.17, 15) is 0 Å². The molecule has 1 saturated heterocycles. The molecule has 1 aliphatic rings. The van der Waals surface area contributed by atoms with Crippen molar-refractivity contribution >= 4 is 33.3 Å². The van der Waals surface area contributed by atoms with Crippen molar-refractivity contribution in [2.45, 2.75) is 18.6 Å². The molecule has 7 heteroatoms. The molecule has 0 radical (unpaired) electrons. The number of benzene rings is 1. The fourth-order valence-corrected chi connectivity index (χ4v) is 4.40. The van der Waals surface area contributed by atoms with E-state index >= 15 is 0 Å². The second-order valence-corrected chi connectivity index (χ2v) is 8.59. The summed E-state index contributed by atoms with van der Waals surface area (Å²) in [5.74, 6) is 1.65. The van der Waals surface area contributed by atoms with Gasteiger partial charge in [0.25, 0.3) is 0 Å². The predicted octanol–water partition coefficient (Wildman–Crippen LogP) is 5.67. The molecule has 2 atom stereocenters. The standard InChI is InChI=1S/C24H19BrN4OS/c25-17-9-7-16(8-10-17)20-11-12-21(30-20)23-22(19-6-2-4-14-27-19)28-24(31)29(23)15-18-5-1-3-13-26-18/h1-14,22-23H,15H2,(H,28,31). The number of pyridine rings is 2. The Morgan fingerprint density at radius 1 is 0.935 bits per heavy atom. The molecule has 1 N–H and O–H groups in total. The van der Waals surface area contributed by atoms with Crippen LogP contribution >= 0.6 is 28.1 Å². The van der Waals surface area contributed by atoms with Crippen LogP contribution in [-0.4, -0.2) is 20.0 Å². The maximum Gasteiger partial charge on any atom is 0.170 e. The van der Waals surface area contributed by atoms with E-state index in [-0.39, 0.29) is 12.1 Å². The first-order valence-corrected chi connectivity index (χ1v) is 11.1. The van der Waals surface area contributed by atoms with Crippen LogP contribution in [0.3, 0.4) is 0 Å². The highest BCUT2D eigenvalue weighted by Gasteiger charge is 2.41. The SMILES string of the molecule is S=C1NC(c2ccccn2)C(c2ccc(-c3ccc(Br)cc3)o2)N1Cc1ccccn1. The monoisotopic (exact) mass is 490 g/mol. The maximum atomic E-state index is 6.36. The van der Waals surface area contributed by atoms with Crippen LogP contribution in [-0.2, 0) is 6.54 Å². The molecule has 0 saturated carbocycles. The van der Waals surface area contributed by atoms with Crippen LogP contribution in [0.5, 0.6) is 0 Å². The van der Waals surface area contributed by atoms with E-state index in [1.807, 2.05) is 72.8 Å². The maximum absolute atomic E-state index is 6.36. The minimum atomic E-state index is -0.145. The smallest absolute Gasteiger partial charge is 0.170 e. The van der Waals surface area contributed by atoms with Gasteiger partial charge in [-0.15, -0.1) is 0 Å². The molecule has 4 heterocycles. The van der Waals surface area contributed by atoms with Crippen LogP contribution in [0.15, 0.2) is 94.1 Å². The van der Waals surface area contributed by atoms with Crippen LogP contribution in [0.2, 0.25) is 0 Å². The van der Waals surface area contributed by atoms with E-state index in [4.69, 9.17) is 16.6 Å². The summed E-state index contributed by atoms with van der Waals surface area (Å²) in [5, 5.41) is 4.11. The highest BCUT2D eigenvalue weighted by molar-refractivity contribution is 9.10. The Bertz CT molecular complexity index is 1180. The van der Waals surface area contributed by atoms with Crippen molar-refractivity contribution in [3.8, 4) is 11.3 Å². The summed E-state index contributed by atoms with van der Waals surface area (Å²) in [6, 6.07) is 23.7. The van der Waals surface area contributed by atoms with Gasteiger partial charge in [0.1, 0.15) is 17.6 Å². The van der Waals surface area contributed by atoms with Crippen LogP contribution in [0, 0.1) is 0 Å². The molecule has 1 aliphatic heterocycles. The number of furan rings is 1. The molecule has 0 aliphatic carbocycles. The molecular weight excluding hydrogens is 472 g/mol. The van der Waals surface area contributed by atoms with Crippen LogP contribution < -0.4 is 5.32 Å². The van der Waals surface area contributed by atoms with Gasteiger partial charge in [0, 0.05) is 22.4 Å². The lowest BCUT2D eigenvalue weighted by Crippen LogP contribution is -2.29. The molecule has 1 aromatic carbocycles. The number of hydrogen-bond donors (Lipinski definition) is 1. The lowest BCUT2D eigenvalue weighted by molar-refractivity contribution is 0.267. The average molecular weight is 491 g/mol. The van der Waals surface area contributed by atoms with Crippen molar-refractivity contribution in [3.05, 3.63) is 107 Å². The summed E-state index contributed by atoms with van der Waals surface area (Å²) in [4.78, 5) is 11.2. The highest BCUT2D eigenvalue weighted by atomic mass is 79.9. The third-order valence-corrected chi connectivity index (χ3v) is 6.18. The second-order valence-electron chi connectivity index (χ2n) is 7.28. The van der Waals surface area contributed by atoms with E-state index in [1.165, 1.54) is 0 Å². The lowest BCUT2D eigenvalue weighted by atomic mass is 10.0. The molecule has 2 unspecified atom stereocenters. The molecular formula is C24H19BrN4OS. The van der Waals surface area contributed by atoms with E-state index in [0.717, 1.165) is 32.9 Å². The largest absolute Gasteiger partial charge is 0.459 e. The zero-order chi connectivity index (χ0) is 21.2. The molecule has 5 nitrogen and oxygen atoms in total. The minimum absolute atomic E-state index is 0.124. The quantitative estimate of drug-likeness (QED) is 0.363. The van der Waals surface area contributed by atoms with E-state index in [0.29, 0.717) is 11.7 Å². The molecule has 1 fully saturated rings. The first kappa shape index (κ1) is 19.9. The Morgan fingerprint density at radius 3 is 2.42 bits per heavy atom. The Balaban J connectivity index is 1.53. The summed E-state index contributed by atoms with van der Waals surface area (Å²) in [6.45, 7) is 0.578. The second kappa shape index (κ2) is 8.61. The van der Waals surface area contributed by atoms with E-state index < -0.39 is 0 Å². The van der Waals surface area contributed by atoms with Gasteiger partial charge in [-0.25, -0.2) is 0 Å². The van der Waals surface area contributed by atoms with Crippen molar-refractivity contribution in [3.63, 3.8) is 0 Å². The van der Waals surface area contributed by atoms with Crippen molar-refractivity contribution in [1.82, 2.24) is 20.2 Å². The van der Waals surface area contributed by atoms with Gasteiger partial charge in [-0.2, -0.15) is 0 Å². The minimum Gasteiger partial charge on any atom is -0.459 e. The van der Waals surface area contributed by atoms with Gasteiger partial charge in [-0.05, 0) is 60.7 Å². The number of rotatable bonds is 5. The first-order chi connectivity index (χ1) is 15.2. The molecule has 154 valence electrons. The van der Waals surface area contributed by atoms with Gasteiger partial charge in [0.2, 0.25) is 0 Å². The van der Waals surface area contributed by atoms with Crippen molar-refractivity contribution in [1.29, 1.82) is 0 Å². The van der Waals surface area contributed by atoms with Crippen LogP contribution in [0.4, 0.5) is 0 Å². The van der Waals surface area contributed by atoms with E-state index in [1.54, 1.807) is 12.4 Å².